The molecule has 0 radical (unpaired) electrons. The maximum absolute atomic E-state index is 11.6. The van der Waals surface area contributed by atoms with Crippen molar-refractivity contribution in [2.75, 3.05) is 12.8 Å². The summed E-state index contributed by atoms with van der Waals surface area (Å²) in [6, 6.07) is 4.87. The maximum atomic E-state index is 11.6. The Hall–Kier alpha value is -0.820. The van der Waals surface area contributed by atoms with Crippen LogP contribution in [0.4, 0.5) is 0 Å². The Morgan fingerprint density at radius 3 is 2.55 bits per heavy atom. The number of rotatable bonds is 6. The molecule has 0 spiro atoms. The third kappa shape index (κ3) is 5.66. The fraction of sp³-hybridized carbons (Fsp3) is 0.417. The number of benzene rings is 1. The Balaban J connectivity index is 2.59. The normalized spacial score (nSPS) is 13.0. The molecule has 1 rings (SSSR count). The van der Waals surface area contributed by atoms with Gasteiger partial charge in [0, 0.05) is 16.1 Å². The van der Waals surface area contributed by atoms with Crippen molar-refractivity contribution in [2.45, 2.75) is 19.4 Å². The van der Waals surface area contributed by atoms with Gasteiger partial charge in [-0.05, 0) is 38.1 Å². The molecule has 0 aromatic heterocycles. The van der Waals surface area contributed by atoms with E-state index in [1.807, 2.05) is 0 Å². The van der Waals surface area contributed by atoms with Gasteiger partial charge in [0.1, 0.15) is 5.75 Å². The lowest BCUT2D eigenvalue weighted by Gasteiger charge is -2.15. The molecule has 112 valence electrons. The van der Waals surface area contributed by atoms with Gasteiger partial charge in [-0.25, -0.2) is 13.1 Å². The average Bonchev–Trinajstić information content (AvgIpc) is 2.32. The molecular weight excluding hydrogens is 323 g/mol. The number of hydrogen-bond acceptors (Lipinski definition) is 3. The average molecular weight is 339 g/mol. The summed E-state index contributed by atoms with van der Waals surface area (Å²) in [6.07, 6.45) is 0.487. The van der Waals surface area contributed by atoms with Crippen molar-refractivity contribution in [2.24, 2.45) is 0 Å². The van der Waals surface area contributed by atoms with E-state index >= 15 is 0 Å². The molecule has 1 aromatic carbocycles. The Labute approximate surface area is 128 Å². The molecule has 5 nitrogen and oxygen atoms in total. The highest BCUT2D eigenvalue weighted by Crippen LogP contribution is 2.22. The monoisotopic (exact) mass is 338 g/mol. The van der Waals surface area contributed by atoms with Crippen LogP contribution in [0.2, 0.25) is 10.0 Å². The van der Waals surface area contributed by atoms with Crippen molar-refractivity contribution in [1.29, 1.82) is 0 Å². The second kappa shape index (κ2) is 7.26. The van der Waals surface area contributed by atoms with Gasteiger partial charge in [0.05, 0.1) is 0 Å². The van der Waals surface area contributed by atoms with Crippen molar-refractivity contribution in [3.05, 3.63) is 33.8 Å². The van der Waals surface area contributed by atoms with Crippen LogP contribution in [0.25, 0.3) is 0 Å². The molecule has 0 aliphatic heterocycles. The number of sulfonamides is 1. The van der Waals surface area contributed by atoms with Gasteiger partial charge in [0.15, 0.2) is 0 Å². The van der Waals surface area contributed by atoms with E-state index in [0.717, 1.165) is 5.56 Å². The van der Waals surface area contributed by atoms with E-state index in [-0.39, 0.29) is 6.04 Å². The van der Waals surface area contributed by atoms with Gasteiger partial charge in [-0.1, -0.05) is 29.3 Å². The topological polar surface area (TPSA) is 75.3 Å². The fourth-order valence-electron chi connectivity index (χ4n) is 1.63. The minimum absolute atomic E-state index is 0.242. The van der Waals surface area contributed by atoms with Crippen LogP contribution in [0.1, 0.15) is 12.5 Å². The summed E-state index contributed by atoms with van der Waals surface area (Å²) in [5.74, 6) is -1.15. The number of hydrogen-bond donors (Lipinski definition) is 2. The molecule has 1 aromatic rings. The standard InChI is InChI=1S/C12H16Cl2N2O3S/c1-8(16-12(17)7-20(18,19)15-2)5-9-3-4-10(13)6-11(9)14/h3-4,6,8,15H,5,7H2,1-2H3,(H,16,17). The molecule has 0 aliphatic rings. The summed E-state index contributed by atoms with van der Waals surface area (Å²) in [6.45, 7) is 1.77. The highest BCUT2D eigenvalue weighted by Gasteiger charge is 2.16. The third-order valence-electron chi connectivity index (χ3n) is 2.58. The van der Waals surface area contributed by atoms with E-state index in [9.17, 15) is 13.2 Å². The predicted molar refractivity (Wildman–Crippen MR) is 80.6 cm³/mol. The predicted octanol–water partition coefficient (Wildman–Crippen LogP) is 1.59. The molecule has 1 atom stereocenters. The van der Waals surface area contributed by atoms with Crippen molar-refractivity contribution in [3.8, 4) is 0 Å². The SMILES string of the molecule is CNS(=O)(=O)CC(=O)NC(C)Cc1ccc(Cl)cc1Cl. The van der Waals surface area contributed by atoms with E-state index in [0.29, 0.717) is 16.5 Å². The zero-order chi connectivity index (χ0) is 15.3. The molecule has 0 saturated carbocycles. The van der Waals surface area contributed by atoms with E-state index in [1.165, 1.54) is 7.05 Å². The second-order valence-electron chi connectivity index (χ2n) is 4.37. The minimum atomic E-state index is -3.56. The smallest absolute Gasteiger partial charge is 0.236 e. The molecular formula is C12H16Cl2N2O3S. The summed E-state index contributed by atoms with van der Waals surface area (Å²) in [7, 11) is -2.29. The highest BCUT2D eigenvalue weighted by molar-refractivity contribution is 7.90. The zero-order valence-corrected chi connectivity index (χ0v) is 13.4. The number of amides is 1. The van der Waals surface area contributed by atoms with E-state index < -0.39 is 21.7 Å². The Bertz CT molecular complexity index is 590. The van der Waals surface area contributed by atoms with Gasteiger partial charge in [-0.15, -0.1) is 0 Å². The zero-order valence-electron chi connectivity index (χ0n) is 11.1. The molecule has 2 N–H and O–H groups in total. The van der Waals surface area contributed by atoms with E-state index in [4.69, 9.17) is 23.2 Å². The molecule has 0 saturated heterocycles. The molecule has 0 aliphatic carbocycles. The number of halogens is 2. The summed E-state index contributed by atoms with van der Waals surface area (Å²) >= 11 is 11.8. The van der Waals surface area contributed by atoms with Crippen LogP contribution < -0.4 is 10.0 Å². The molecule has 20 heavy (non-hydrogen) atoms. The number of carbonyl (C=O) groups excluding carboxylic acids is 1. The first-order valence-corrected chi connectivity index (χ1v) is 8.29. The molecule has 0 fully saturated rings. The van der Waals surface area contributed by atoms with Crippen molar-refractivity contribution < 1.29 is 13.2 Å². The first-order chi connectivity index (χ1) is 9.23. The quantitative estimate of drug-likeness (QED) is 0.826. The summed E-state index contributed by atoms with van der Waals surface area (Å²) in [4.78, 5) is 11.6. The van der Waals surface area contributed by atoms with E-state index in [2.05, 4.69) is 10.0 Å². The summed E-state index contributed by atoms with van der Waals surface area (Å²) < 4.78 is 24.6. The lowest BCUT2D eigenvalue weighted by molar-refractivity contribution is -0.119. The Morgan fingerprint density at radius 2 is 2.00 bits per heavy atom. The van der Waals surface area contributed by atoms with Gasteiger partial charge >= 0.3 is 0 Å². The Morgan fingerprint density at radius 1 is 1.35 bits per heavy atom. The lowest BCUT2D eigenvalue weighted by Crippen LogP contribution is -2.40. The van der Waals surface area contributed by atoms with Crippen LogP contribution in [0.3, 0.4) is 0 Å². The van der Waals surface area contributed by atoms with Crippen molar-refractivity contribution >= 4 is 39.1 Å². The largest absolute Gasteiger partial charge is 0.352 e. The van der Waals surface area contributed by atoms with Crippen LogP contribution in [-0.4, -0.2) is 33.2 Å². The molecule has 0 heterocycles. The van der Waals surface area contributed by atoms with Crippen LogP contribution in [0.5, 0.6) is 0 Å². The van der Waals surface area contributed by atoms with E-state index in [1.54, 1.807) is 25.1 Å². The summed E-state index contributed by atoms with van der Waals surface area (Å²) in [5.41, 5.74) is 0.834. The van der Waals surface area contributed by atoms with Gasteiger partial charge in [-0.2, -0.15) is 0 Å². The molecule has 1 unspecified atom stereocenters. The van der Waals surface area contributed by atoms with Crippen molar-refractivity contribution in [3.63, 3.8) is 0 Å². The maximum Gasteiger partial charge on any atom is 0.236 e. The number of carbonyl (C=O) groups is 1. The lowest BCUT2D eigenvalue weighted by atomic mass is 10.1. The van der Waals surface area contributed by atoms with Gasteiger partial charge in [0.25, 0.3) is 0 Å². The summed E-state index contributed by atoms with van der Waals surface area (Å²) in [5, 5.41) is 3.66. The minimum Gasteiger partial charge on any atom is -0.352 e. The third-order valence-corrected chi connectivity index (χ3v) is 4.43. The van der Waals surface area contributed by atoms with Crippen LogP contribution in [0.15, 0.2) is 18.2 Å². The van der Waals surface area contributed by atoms with Gasteiger partial charge < -0.3 is 5.32 Å². The van der Waals surface area contributed by atoms with Crippen molar-refractivity contribution in [1.82, 2.24) is 10.0 Å². The molecule has 0 bridgehead atoms. The highest BCUT2D eigenvalue weighted by atomic mass is 35.5. The molecule has 1 amide bonds. The first kappa shape index (κ1) is 17.2. The van der Waals surface area contributed by atoms with Gasteiger partial charge in [0.2, 0.25) is 15.9 Å². The first-order valence-electron chi connectivity index (χ1n) is 5.88. The molecule has 8 heteroatoms. The Kier molecular flexibility index (Phi) is 6.26. The van der Waals surface area contributed by atoms with Crippen LogP contribution >= 0.6 is 23.2 Å². The van der Waals surface area contributed by atoms with Gasteiger partial charge in [-0.3, -0.25) is 4.79 Å². The fourth-order valence-corrected chi connectivity index (χ4v) is 2.69. The second-order valence-corrected chi connectivity index (χ2v) is 7.14. The van der Waals surface area contributed by atoms with Crippen LogP contribution in [-0.2, 0) is 21.2 Å². The number of nitrogens with one attached hydrogen (secondary N) is 2. The van der Waals surface area contributed by atoms with Crippen LogP contribution in [0, 0.1) is 0 Å².